The van der Waals surface area contributed by atoms with Gasteiger partial charge in [-0.25, -0.2) is 13.3 Å². The lowest BCUT2D eigenvalue weighted by Crippen LogP contribution is -2.16. The topological polar surface area (TPSA) is 43.4 Å². The zero-order valence-corrected chi connectivity index (χ0v) is 14.9. The molecule has 116 valence electrons. The second-order valence-corrected chi connectivity index (χ2v) is 9.25. The molecule has 22 heavy (non-hydrogen) atoms. The fraction of sp³-hybridized carbons (Fsp3) is 0.438. The largest absolute Gasteiger partial charge is 0.343 e. The third-order valence-electron chi connectivity index (χ3n) is 4.58. The maximum absolute atomic E-state index is 11.8. The smallest absolute Gasteiger partial charge is 0.190 e. The van der Waals surface area contributed by atoms with Crippen LogP contribution < -0.4 is 0 Å². The minimum absolute atomic E-state index is 0.201. The fourth-order valence-electron chi connectivity index (χ4n) is 3.33. The maximum atomic E-state index is 11.8. The molecule has 1 aliphatic rings. The standard InChI is InChI=1S/C16H17BrN2O2S/c1-10-6-16-13(8-15(10)18-2)14(17)9-19(16)11-4-5-12(7-11)22(3,20)21/h6,8-9,11-12H,4-5,7H2,1,3H3/t11-,12+/m1/s1. The first-order chi connectivity index (χ1) is 10.3. The van der Waals surface area contributed by atoms with E-state index in [0.29, 0.717) is 12.1 Å². The Bertz CT molecular complexity index is 893. The molecule has 0 saturated heterocycles. The van der Waals surface area contributed by atoms with E-state index in [9.17, 15) is 8.42 Å². The van der Waals surface area contributed by atoms with E-state index < -0.39 is 9.84 Å². The van der Waals surface area contributed by atoms with E-state index in [1.54, 1.807) is 0 Å². The van der Waals surface area contributed by atoms with Crippen LogP contribution in [-0.2, 0) is 9.84 Å². The van der Waals surface area contributed by atoms with Gasteiger partial charge in [-0.3, -0.25) is 0 Å². The molecule has 1 aromatic heterocycles. The van der Waals surface area contributed by atoms with Gasteiger partial charge in [-0.15, -0.1) is 0 Å². The summed E-state index contributed by atoms with van der Waals surface area (Å²) in [6, 6.07) is 4.13. The van der Waals surface area contributed by atoms with Crippen LogP contribution in [0.15, 0.2) is 22.8 Å². The van der Waals surface area contributed by atoms with E-state index in [2.05, 4.69) is 25.3 Å². The first-order valence-corrected chi connectivity index (χ1v) is 9.93. The van der Waals surface area contributed by atoms with Crippen molar-refractivity contribution in [3.8, 4) is 0 Å². The van der Waals surface area contributed by atoms with Crippen LogP contribution in [0.25, 0.3) is 15.7 Å². The molecule has 1 heterocycles. The third-order valence-corrected chi connectivity index (χ3v) is 6.85. The summed E-state index contributed by atoms with van der Waals surface area (Å²) in [4.78, 5) is 3.55. The Morgan fingerprint density at radius 3 is 2.68 bits per heavy atom. The number of halogens is 1. The zero-order valence-electron chi connectivity index (χ0n) is 12.5. The predicted octanol–water partition coefficient (Wildman–Crippen LogP) is 4.40. The SMILES string of the molecule is [C-]#[N+]c1cc2c(Br)cn([C@@H]3CC[C@H](S(C)(=O)=O)C3)c2cc1C. The Morgan fingerprint density at radius 1 is 1.36 bits per heavy atom. The van der Waals surface area contributed by atoms with Crippen LogP contribution in [0.5, 0.6) is 0 Å². The number of fused-ring (bicyclic) bond motifs is 1. The van der Waals surface area contributed by atoms with Gasteiger partial charge in [-0.05, 0) is 59.8 Å². The molecule has 1 saturated carbocycles. The Labute approximate surface area is 139 Å². The number of aryl methyl sites for hydroxylation is 1. The van der Waals surface area contributed by atoms with Gasteiger partial charge < -0.3 is 4.57 Å². The van der Waals surface area contributed by atoms with Crippen molar-refractivity contribution < 1.29 is 8.42 Å². The van der Waals surface area contributed by atoms with E-state index in [-0.39, 0.29) is 11.3 Å². The molecule has 4 nitrogen and oxygen atoms in total. The Balaban J connectivity index is 2.06. The molecular weight excluding hydrogens is 364 g/mol. The summed E-state index contributed by atoms with van der Waals surface area (Å²) >= 11 is 3.57. The average Bonchev–Trinajstić information content (AvgIpc) is 3.03. The van der Waals surface area contributed by atoms with Crippen molar-refractivity contribution in [3.63, 3.8) is 0 Å². The molecule has 0 aliphatic heterocycles. The summed E-state index contributed by atoms with van der Waals surface area (Å²) in [5.41, 5.74) is 2.68. The molecule has 3 rings (SSSR count). The molecular formula is C16H17BrN2O2S. The van der Waals surface area contributed by atoms with Gasteiger partial charge in [0.25, 0.3) is 0 Å². The average molecular weight is 381 g/mol. The van der Waals surface area contributed by atoms with Crippen molar-refractivity contribution in [3.05, 3.63) is 39.8 Å². The van der Waals surface area contributed by atoms with Crippen molar-refractivity contribution in [1.29, 1.82) is 0 Å². The molecule has 0 spiro atoms. The second kappa shape index (κ2) is 5.39. The highest BCUT2D eigenvalue weighted by Gasteiger charge is 2.33. The maximum Gasteiger partial charge on any atom is 0.190 e. The van der Waals surface area contributed by atoms with E-state index >= 15 is 0 Å². The molecule has 1 aliphatic carbocycles. The number of nitrogens with zero attached hydrogens (tertiary/aromatic N) is 2. The molecule has 1 fully saturated rings. The Morgan fingerprint density at radius 2 is 2.09 bits per heavy atom. The van der Waals surface area contributed by atoms with Crippen LogP contribution >= 0.6 is 15.9 Å². The molecule has 1 aromatic carbocycles. The van der Waals surface area contributed by atoms with Gasteiger partial charge in [0.05, 0.1) is 11.8 Å². The molecule has 0 bridgehead atoms. The normalized spacial score (nSPS) is 22.1. The fourth-order valence-corrected chi connectivity index (χ4v) is 5.00. The Hall–Kier alpha value is -1.32. The van der Waals surface area contributed by atoms with Crippen molar-refractivity contribution in [2.45, 2.75) is 37.5 Å². The second-order valence-electron chi connectivity index (χ2n) is 6.07. The summed E-state index contributed by atoms with van der Waals surface area (Å²) in [6.07, 6.45) is 5.61. The van der Waals surface area contributed by atoms with Crippen LogP contribution in [0, 0.1) is 13.5 Å². The summed E-state index contributed by atoms with van der Waals surface area (Å²) in [7, 11) is -2.97. The first kappa shape index (κ1) is 15.6. The number of rotatable bonds is 2. The molecule has 0 amide bonds. The molecule has 0 unspecified atom stereocenters. The molecule has 2 atom stereocenters. The third kappa shape index (κ3) is 2.57. The van der Waals surface area contributed by atoms with E-state index in [0.717, 1.165) is 33.8 Å². The highest BCUT2D eigenvalue weighted by Crippen LogP contribution is 2.40. The summed E-state index contributed by atoms with van der Waals surface area (Å²) in [6.45, 7) is 9.17. The quantitative estimate of drug-likeness (QED) is 0.724. The highest BCUT2D eigenvalue weighted by molar-refractivity contribution is 9.10. The number of hydrogen-bond donors (Lipinski definition) is 0. The molecule has 0 N–H and O–H groups in total. The number of aromatic nitrogens is 1. The zero-order chi connectivity index (χ0) is 16.1. The van der Waals surface area contributed by atoms with Gasteiger partial charge in [-0.1, -0.05) is 0 Å². The van der Waals surface area contributed by atoms with E-state index in [1.165, 1.54) is 6.26 Å². The van der Waals surface area contributed by atoms with Crippen LogP contribution in [0.1, 0.15) is 30.9 Å². The van der Waals surface area contributed by atoms with Crippen LogP contribution in [0.3, 0.4) is 0 Å². The predicted molar refractivity (Wildman–Crippen MR) is 92.2 cm³/mol. The van der Waals surface area contributed by atoms with Gasteiger partial charge in [-0.2, -0.15) is 0 Å². The highest BCUT2D eigenvalue weighted by atomic mass is 79.9. The minimum atomic E-state index is -2.97. The van der Waals surface area contributed by atoms with Gasteiger partial charge in [0.1, 0.15) is 9.84 Å². The lowest BCUT2D eigenvalue weighted by atomic mass is 10.1. The lowest BCUT2D eigenvalue weighted by Gasteiger charge is -2.15. The number of sulfone groups is 1. The first-order valence-electron chi connectivity index (χ1n) is 7.18. The van der Waals surface area contributed by atoms with Gasteiger partial charge in [0, 0.05) is 33.9 Å². The molecule has 0 radical (unpaired) electrons. The van der Waals surface area contributed by atoms with Crippen LogP contribution in [-0.4, -0.2) is 24.5 Å². The van der Waals surface area contributed by atoms with Gasteiger partial charge in [0.2, 0.25) is 0 Å². The summed E-state index contributed by atoms with van der Waals surface area (Å²) in [5.74, 6) is 0. The van der Waals surface area contributed by atoms with E-state index in [1.807, 2.05) is 25.3 Å². The Kier molecular flexibility index (Phi) is 3.82. The van der Waals surface area contributed by atoms with Crippen molar-refractivity contribution in [2.75, 3.05) is 6.26 Å². The van der Waals surface area contributed by atoms with Gasteiger partial charge in [0.15, 0.2) is 5.69 Å². The van der Waals surface area contributed by atoms with Crippen molar-refractivity contribution in [2.24, 2.45) is 0 Å². The van der Waals surface area contributed by atoms with Crippen molar-refractivity contribution >= 4 is 42.4 Å². The minimum Gasteiger partial charge on any atom is -0.343 e. The van der Waals surface area contributed by atoms with Crippen LogP contribution in [0.2, 0.25) is 0 Å². The summed E-state index contributed by atoms with van der Waals surface area (Å²) in [5, 5.41) is 0.775. The number of benzene rings is 1. The van der Waals surface area contributed by atoms with Crippen molar-refractivity contribution in [1.82, 2.24) is 4.57 Å². The summed E-state index contributed by atoms with van der Waals surface area (Å²) < 4.78 is 26.7. The van der Waals surface area contributed by atoms with Gasteiger partial charge >= 0.3 is 0 Å². The molecule has 6 heteroatoms. The number of hydrogen-bond acceptors (Lipinski definition) is 2. The van der Waals surface area contributed by atoms with E-state index in [4.69, 9.17) is 6.57 Å². The lowest BCUT2D eigenvalue weighted by molar-refractivity contribution is 0.531. The van der Waals surface area contributed by atoms with Crippen LogP contribution in [0.4, 0.5) is 5.69 Å². The molecule has 2 aromatic rings. The monoisotopic (exact) mass is 380 g/mol.